The smallest absolute Gasteiger partial charge is 0.329 e. The largest absolute Gasteiger partial charge is 0.497 e. The Bertz CT molecular complexity index is 953. The standard InChI is InChI=1S/C23H26FNO5/c1-3-29-20-12-17(28-2)11-19(21(20)24)18-7-4-15(25-23(8-9-23)22(26)27)10-14(18)13-30-16-5-6-16/h4,7,10-12,16,25H,3,5-6,8-9,13H2,1-2H3,(H,26,27). The number of aliphatic carboxylic acids is 1. The number of carboxylic acid groups (broad SMARTS) is 1. The topological polar surface area (TPSA) is 77.0 Å². The summed E-state index contributed by atoms with van der Waals surface area (Å²) in [5, 5.41) is 12.6. The van der Waals surface area contributed by atoms with E-state index in [-0.39, 0.29) is 11.9 Å². The van der Waals surface area contributed by atoms with Crippen LogP contribution in [0.5, 0.6) is 11.5 Å². The Kier molecular flexibility index (Phi) is 5.56. The predicted molar refractivity (Wildman–Crippen MR) is 111 cm³/mol. The third-order valence-electron chi connectivity index (χ3n) is 5.49. The van der Waals surface area contributed by atoms with E-state index in [0.29, 0.717) is 48.6 Å². The van der Waals surface area contributed by atoms with E-state index in [1.165, 1.54) is 13.2 Å². The number of carboxylic acids is 1. The van der Waals surface area contributed by atoms with Gasteiger partial charge in [0, 0.05) is 17.3 Å². The first-order chi connectivity index (χ1) is 14.5. The van der Waals surface area contributed by atoms with Crippen LogP contribution in [0.1, 0.15) is 38.2 Å². The van der Waals surface area contributed by atoms with Crippen LogP contribution in [0, 0.1) is 5.82 Å². The maximum absolute atomic E-state index is 15.2. The van der Waals surface area contributed by atoms with Crippen molar-refractivity contribution in [2.45, 2.75) is 50.9 Å². The zero-order valence-electron chi connectivity index (χ0n) is 17.2. The van der Waals surface area contributed by atoms with Gasteiger partial charge in [-0.05, 0) is 61.9 Å². The average Bonchev–Trinajstić information content (AvgIpc) is 3.64. The molecule has 0 atom stereocenters. The molecule has 2 saturated carbocycles. The second kappa shape index (κ2) is 8.14. The van der Waals surface area contributed by atoms with Crippen molar-refractivity contribution in [3.05, 3.63) is 41.7 Å². The highest BCUT2D eigenvalue weighted by Crippen LogP contribution is 2.41. The zero-order valence-corrected chi connectivity index (χ0v) is 17.2. The molecule has 0 radical (unpaired) electrons. The summed E-state index contributed by atoms with van der Waals surface area (Å²) in [5.74, 6) is -0.697. The molecule has 160 valence electrons. The third kappa shape index (κ3) is 4.21. The SMILES string of the molecule is CCOc1cc(OC)cc(-c2ccc(NC3(C(=O)O)CC3)cc2COC2CC2)c1F. The molecule has 2 fully saturated rings. The van der Waals surface area contributed by atoms with Crippen LogP contribution in [0.3, 0.4) is 0 Å². The average molecular weight is 415 g/mol. The molecule has 7 heteroatoms. The number of rotatable bonds is 10. The summed E-state index contributed by atoms with van der Waals surface area (Å²) < 4.78 is 31.9. The first-order valence-electron chi connectivity index (χ1n) is 10.2. The highest BCUT2D eigenvalue weighted by molar-refractivity contribution is 5.86. The lowest BCUT2D eigenvalue weighted by Crippen LogP contribution is -2.31. The quantitative estimate of drug-likeness (QED) is 0.590. The first kappa shape index (κ1) is 20.5. The van der Waals surface area contributed by atoms with Gasteiger partial charge in [-0.25, -0.2) is 9.18 Å². The predicted octanol–water partition coefficient (Wildman–Crippen LogP) is 4.61. The minimum atomic E-state index is -0.903. The van der Waals surface area contributed by atoms with Gasteiger partial charge in [0.15, 0.2) is 11.6 Å². The van der Waals surface area contributed by atoms with Crippen molar-refractivity contribution in [1.29, 1.82) is 0 Å². The van der Waals surface area contributed by atoms with Crippen LogP contribution in [0.2, 0.25) is 0 Å². The van der Waals surface area contributed by atoms with Gasteiger partial charge in [-0.15, -0.1) is 0 Å². The molecule has 0 bridgehead atoms. The molecule has 2 aliphatic rings. The van der Waals surface area contributed by atoms with Crippen LogP contribution in [-0.2, 0) is 16.1 Å². The Labute approximate surface area is 175 Å². The van der Waals surface area contributed by atoms with Crippen LogP contribution in [0.15, 0.2) is 30.3 Å². The molecular weight excluding hydrogens is 389 g/mol. The van der Waals surface area contributed by atoms with E-state index in [1.807, 2.05) is 6.07 Å². The van der Waals surface area contributed by atoms with Crippen molar-refractivity contribution in [3.63, 3.8) is 0 Å². The third-order valence-corrected chi connectivity index (χ3v) is 5.49. The molecule has 2 aromatic carbocycles. The van der Waals surface area contributed by atoms with E-state index in [1.54, 1.807) is 25.1 Å². The number of halogens is 1. The Balaban J connectivity index is 1.72. The Morgan fingerprint density at radius 2 is 2.00 bits per heavy atom. The summed E-state index contributed by atoms with van der Waals surface area (Å²) in [5.41, 5.74) is 1.58. The minimum absolute atomic E-state index is 0.130. The van der Waals surface area contributed by atoms with Crippen LogP contribution < -0.4 is 14.8 Å². The molecule has 0 unspecified atom stereocenters. The highest BCUT2D eigenvalue weighted by Gasteiger charge is 2.50. The zero-order chi connectivity index (χ0) is 21.3. The monoisotopic (exact) mass is 415 g/mol. The van der Waals surface area contributed by atoms with Crippen molar-refractivity contribution in [2.24, 2.45) is 0 Å². The maximum atomic E-state index is 15.2. The van der Waals surface area contributed by atoms with E-state index in [0.717, 1.165) is 18.4 Å². The van der Waals surface area contributed by atoms with Gasteiger partial charge in [0.05, 0.1) is 26.4 Å². The molecule has 30 heavy (non-hydrogen) atoms. The van der Waals surface area contributed by atoms with Gasteiger partial charge in [0.2, 0.25) is 0 Å². The molecule has 6 nitrogen and oxygen atoms in total. The number of hydrogen-bond acceptors (Lipinski definition) is 5. The summed E-state index contributed by atoms with van der Waals surface area (Å²) in [7, 11) is 1.53. The van der Waals surface area contributed by atoms with Gasteiger partial charge >= 0.3 is 5.97 Å². The molecule has 0 amide bonds. The Hall–Kier alpha value is -2.80. The summed E-state index contributed by atoms with van der Waals surface area (Å²) in [6.07, 6.45) is 3.45. The van der Waals surface area contributed by atoms with Crippen molar-refractivity contribution >= 4 is 11.7 Å². The van der Waals surface area contributed by atoms with Crippen LogP contribution >= 0.6 is 0 Å². The fourth-order valence-corrected chi connectivity index (χ4v) is 3.44. The van der Waals surface area contributed by atoms with E-state index in [2.05, 4.69) is 5.32 Å². The summed E-state index contributed by atoms with van der Waals surface area (Å²) in [4.78, 5) is 11.5. The fraction of sp³-hybridized carbons (Fsp3) is 0.435. The number of nitrogens with one attached hydrogen (secondary N) is 1. The summed E-state index contributed by atoms with van der Waals surface area (Å²) >= 11 is 0. The first-order valence-corrected chi connectivity index (χ1v) is 10.2. The van der Waals surface area contributed by atoms with Gasteiger partial charge in [-0.2, -0.15) is 0 Å². The van der Waals surface area contributed by atoms with Crippen molar-refractivity contribution in [1.82, 2.24) is 0 Å². The summed E-state index contributed by atoms with van der Waals surface area (Å²) in [6.45, 7) is 2.45. The molecule has 0 saturated heterocycles. The highest BCUT2D eigenvalue weighted by atomic mass is 19.1. The molecule has 2 aliphatic carbocycles. The normalized spacial score (nSPS) is 16.8. The molecule has 0 heterocycles. The molecule has 2 N–H and O–H groups in total. The summed E-state index contributed by atoms with van der Waals surface area (Å²) in [6, 6.07) is 8.58. The second-order valence-electron chi connectivity index (χ2n) is 7.81. The van der Waals surface area contributed by atoms with Crippen molar-refractivity contribution < 1.29 is 28.5 Å². The Morgan fingerprint density at radius 3 is 2.60 bits per heavy atom. The molecule has 4 rings (SSSR count). The van der Waals surface area contributed by atoms with E-state index in [9.17, 15) is 9.90 Å². The molecule has 0 aromatic heterocycles. The van der Waals surface area contributed by atoms with Crippen LogP contribution in [0.4, 0.5) is 10.1 Å². The van der Waals surface area contributed by atoms with E-state index >= 15 is 4.39 Å². The van der Waals surface area contributed by atoms with Gasteiger partial charge in [0.1, 0.15) is 11.3 Å². The lowest BCUT2D eigenvalue weighted by atomic mass is 9.97. The number of methoxy groups -OCH3 is 1. The Morgan fingerprint density at radius 1 is 1.23 bits per heavy atom. The minimum Gasteiger partial charge on any atom is -0.497 e. The molecule has 0 aliphatic heterocycles. The van der Waals surface area contributed by atoms with Gasteiger partial charge < -0.3 is 24.6 Å². The van der Waals surface area contributed by atoms with E-state index < -0.39 is 17.3 Å². The number of carbonyl (C=O) groups is 1. The number of ether oxygens (including phenoxy) is 3. The lowest BCUT2D eigenvalue weighted by Gasteiger charge is -2.18. The van der Waals surface area contributed by atoms with Crippen LogP contribution in [0.25, 0.3) is 11.1 Å². The van der Waals surface area contributed by atoms with Crippen molar-refractivity contribution in [2.75, 3.05) is 19.0 Å². The molecule has 0 spiro atoms. The number of hydrogen-bond donors (Lipinski definition) is 2. The van der Waals surface area contributed by atoms with Gasteiger partial charge in [0.25, 0.3) is 0 Å². The number of anilines is 1. The number of benzene rings is 2. The van der Waals surface area contributed by atoms with Crippen LogP contribution in [-0.4, -0.2) is 36.4 Å². The maximum Gasteiger partial charge on any atom is 0.329 e. The fourth-order valence-electron chi connectivity index (χ4n) is 3.44. The van der Waals surface area contributed by atoms with Gasteiger partial charge in [-0.3, -0.25) is 0 Å². The van der Waals surface area contributed by atoms with Crippen molar-refractivity contribution in [3.8, 4) is 22.6 Å². The molecular formula is C23H26FNO5. The van der Waals surface area contributed by atoms with E-state index in [4.69, 9.17) is 14.2 Å². The molecule has 2 aromatic rings. The van der Waals surface area contributed by atoms with Gasteiger partial charge in [-0.1, -0.05) is 6.07 Å². The lowest BCUT2D eigenvalue weighted by molar-refractivity contribution is -0.138. The second-order valence-corrected chi connectivity index (χ2v) is 7.81.